The van der Waals surface area contributed by atoms with Gasteiger partial charge in [-0.25, -0.2) is 4.39 Å². The molecule has 0 aliphatic carbocycles. The molecule has 0 atom stereocenters. The van der Waals surface area contributed by atoms with Gasteiger partial charge in [-0.3, -0.25) is 4.99 Å². The second-order valence-corrected chi connectivity index (χ2v) is 3.24. The molecule has 17 heavy (non-hydrogen) atoms. The summed E-state index contributed by atoms with van der Waals surface area (Å²) in [7, 11) is 0. The van der Waals surface area contributed by atoms with Crippen LogP contribution in [-0.2, 0) is 6.42 Å². The first-order valence-corrected chi connectivity index (χ1v) is 5.05. The summed E-state index contributed by atoms with van der Waals surface area (Å²) in [6.07, 6.45) is 0.765. The first kappa shape index (κ1) is 15.5. The van der Waals surface area contributed by atoms with Gasteiger partial charge >= 0.3 is 0 Å². The van der Waals surface area contributed by atoms with Crippen LogP contribution in [0.2, 0.25) is 0 Å². The van der Waals surface area contributed by atoms with Gasteiger partial charge in [0.25, 0.3) is 0 Å². The van der Waals surface area contributed by atoms with Crippen molar-refractivity contribution in [3.05, 3.63) is 29.8 Å². The van der Waals surface area contributed by atoms with Gasteiger partial charge in [0, 0.05) is 6.54 Å². The zero-order chi connectivity index (χ0) is 11.8. The van der Waals surface area contributed by atoms with Crippen LogP contribution in [0.3, 0.4) is 0 Å². The minimum absolute atomic E-state index is 0. The first-order valence-electron chi connectivity index (χ1n) is 5.05. The number of nitrogens with zero attached hydrogens (tertiary/aromatic N) is 1. The van der Waals surface area contributed by atoms with Crippen LogP contribution in [-0.4, -0.2) is 25.8 Å². The van der Waals surface area contributed by atoms with Gasteiger partial charge < -0.3 is 16.2 Å². The minimum Gasteiger partial charge on any atom is -0.491 e. The SMILES string of the molecule is Cl.NC(N)=NCCc1ccc(OCCF)cc1. The van der Waals surface area contributed by atoms with E-state index in [4.69, 9.17) is 16.2 Å². The molecule has 4 N–H and O–H groups in total. The maximum absolute atomic E-state index is 11.8. The van der Waals surface area contributed by atoms with Crippen molar-refractivity contribution < 1.29 is 9.13 Å². The first-order chi connectivity index (χ1) is 7.72. The molecule has 0 amide bonds. The lowest BCUT2D eigenvalue weighted by Gasteiger charge is -2.04. The van der Waals surface area contributed by atoms with Gasteiger partial charge in [0.2, 0.25) is 0 Å². The zero-order valence-corrected chi connectivity index (χ0v) is 10.3. The molecule has 1 aromatic carbocycles. The number of hydrogen-bond donors (Lipinski definition) is 2. The van der Waals surface area contributed by atoms with Crippen molar-refractivity contribution in [3.8, 4) is 5.75 Å². The number of guanidine groups is 1. The summed E-state index contributed by atoms with van der Waals surface area (Å²) in [6.45, 7) is 0.173. The van der Waals surface area contributed by atoms with E-state index in [1.54, 1.807) is 12.1 Å². The van der Waals surface area contributed by atoms with Crippen LogP contribution >= 0.6 is 12.4 Å². The van der Waals surface area contributed by atoms with E-state index < -0.39 is 6.67 Å². The monoisotopic (exact) mass is 261 g/mol. The van der Waals surface area contributed by atoms with Gasteiger partial charge in [-0.05, 0) is 24.1 Å². The Labute approximate surface area is 106 Å². The van der Waals surface area contributed by atoms with Crippen LogP contribution in [0.1, 0.15) is 5.56 Å². The Morgan fingerprint density at radius 1 is 1.24 bits per heavy atom. The molecule has 0 saturated carbocycles. The van der Waals surface area contributed by atoms with E-state index in [0.717, 1.165) is 12.0 Å². The molecule has 6 heteroatoms. The van der Waals surface area contributed by atoms with Crippen LogP contribution < -0.4 is 16.2 Å². The van der Waals surface area contributed by atoms with E-state index in [1.807, 2.05) is 12.1 Å². The highest BCUT2D eigenvalue weighted by atomic mass is 35.5. The van der Waals surface area contributed by atoms with Gasteiger partial charge in [0.15, 0.2) is 5.96 Å². The molecule has 1 aromatic rings. The largest absolute Gasteiger partial charge is 0.491 e. The Morgan fingerprint density at radius 2 is 1.88 bits per heavy atom. The molecule has 0 radical (unpaired) electrons. The maximum atomic E-state index is 11.8. The Bertz CT molecular complexity index is 339. The highest BCUT2D eigenvalue weighted by molar-refractivity contribution is 5.85. The lowest BCUT2D eigenvalue weighted by molar-refractivity contribution is 0.273. The Balaban J connectivity index is 0.00000256. The van der Waals surface area contributed by atoms with Crippen LogP contribution in [0.5, 0.6) is 5.75 Å². The van der Waals surface area contributed by atoms with E-state index in [1.165, 1.54) is 0 Å². The fourth-order valence-corrected chi connectivity index (χ4v) is 1.22. The summed E-state index contributed by atoms with van der Waals surface area (Å²) in [5.41, 5.74) is 11.5. The maximum Gasteiger partial charge on any atom is 0.185 e. The predicted molar refractivity (Wildman–Crippen MR) is 69.5 cm³/mol. The molecule has 0 unspecified atom stereocenters. The van der Waals surface area contributed by atoms with E-state index in [9.17, 15) is 4.39 Å². The summed E-state index contributed by atoms with van der Waals surface area (Å²) in [4.78, 5) is 3.88. The summed E-state index contributed by atoms with van der Waals surface area (Å²) >= 11 is 0. The Hall–Kier alpha value is -1.49. The third-order valence-corrected chi connectivity index (χ3v) is 1.96. The van der Waals surface area contributed by atoms with Crippen molar-refractivity contribution in [1.29, 1.82) is 0 Å². The lowest BCUT2D eigenvalue weighted by Crippen LogP contribution is -2.23. The van der Waals surface area contributed by atoms with Crippen LogP contribution in [0, 0.1) is 0 Å². The Morgan fingerprint density at radius 3 is 2.41 bits per heavy atom. The number of hydrogen-bond acceptors (Lipinski definition) is 2. The standard InChI is InChI=1S/C11H16FN3O.ClH/c12-6-8-16-10-3-1-9(2-4-10)5-7-15-11(13)14;/h1-4H,5-8H2,(H4,13,14,15);1H. The molecule has 0 aromatic heterocycles. The molecule has 1 rings (SSSR count). The van der Waals surface area contributed by atoms with Crippen molar-refractivity contribution in [2.45, 2.75) is 6.42 Å². The average Bonchev–Trinajstić information content (AvgIpc) is 2.27. The van der Waals surface area contributed by atoms with Gasteiger partial charge in [0.1, 0.15) is 19.0 Å². The van der Waals surface area contributed by atoms with E-state index in [0.29, 0.717) is 12.3 Å². The topological polar surface area (TPSA) is 73.6 Å². The minimum atomic E-state index is -0.480. The highest BCUT2D eigenvalue weighted by Gasteiger charge is 1.95. The third kappa shape index (κ3) is 6.63. The second-order valence-electron chi connectivity index (χ2n) is 3.24. The number of rotatable bonds is 6. The second kappa shape index (κ2) is 8.64. The zero-order valence-electron chi connectivity index (χ0n) is 9.43. The quantitative estimate of drug-likeness (QED) is 0.598. The van der Waals surface area contributed by atoms with E-state index >= 15 is 0 Å². The highest BCUT2D eigenvalue weighted by Crippen LogP contribution is 2.12. The molecule has 96 valence electrons. The van der Waals surface area contributed by atoms with Crippen molar-refractivity contribution in [2.75, 3.05) is 19.8 Å². The molecule has 4 nitrogen and oxygen atoms in total. The number of aliphatic imine (C=N–C) groups is 1. The molecule has 0 saturated heterocycles. The van der Waals surface area contributed by atoms with Crippen molar-refractivity contribution >= 4 is 18.4 Å². The van der Waals surface area contributed by atoms with Crippen molar-refractivity contribution in [3.63, 3.8) is 0 Å². The van der Waals surface area contributed by atoms with Gasteiger partial charge in [0.05, 0.1) is 0 Å². The fourth-order valence-electron chi connectivity index (χ4n) is 1.22. The number of benzene rings is 1. The van der Waals surface area contributed by atoms with Gasteiger partial charge in [-0.1, -0.05) is 12.1 Å². The van der Waals surface area contributed by atoms with E-state index in [-0.39, 0.29) is 25.0 Å². The normalized spacial score (nSPS) is 9.24. The molecule has 0 spiro atoms. The molecule has 0 aliphatic heterocycles. The van der Waals surface area contributed by atoms with Crippen LogP contribution in [0.25, 0.3) is 0 Å². The number of ether oxygens (including phenoxy) is 1. The number of nitrogens with two attached hydrogens (primary N) is 2. The van der Waals surface area contributed by atoms with Crippen LogP contribution in [0.15, 0.2) is 29.3 Å². The Kier molecular flexibility index (Phi) is 7.88. The smallest absolute Gasteiger partial charge is 0.185 e. The fraction of sp³-hybridized carbons (Fsp3) is 0.364. The molecular weight excluding hydrogens is 245 g/mol. The summed E-state index contributed by atoms with van der Waals surface area (Å²) < 4.78 is 16.9. The van der Waals surface area contributed by atoms with E-state index in [2.05, 4.69) is 4.99 Å². The third-order valence-electron chi connectivity index (χ3n) is 1.96. The molecule has 0 heterocycles. The number of halogens is 2. The number of alkyl halides is 1. The van der Waals surface area contributed by atoms with Gasteiger partial charge in [-0.15, -0.1) is 12.4 Å². The molecule has 0 bridgehead atoms. The molecule has 0 aliphatic rings. The van der Waals surface area contributed by atoms with Crippen molar-refractivity contribution in [2.24, 2.45) is 16.5 Å². The predicted octanol–water partition coefficient (Wildman–Crippen LogP) is 1.27. The summed E-state index contributed by atoms with van der Waals surface area (Å²) in [5, 5.41) is 0. The lowest BCUT2D eigenvalue weighted by atomic mass is 10.1. The van der Waals surface area contributed by atoms with Crippen molar-refractivity contribution in [1.82, 2.24) is 0 Å². The summed E-state index contributed by atoms with van der Waals surface area (Å²) in [5.74, 6) is 0.770. The van der Waals surface area contributed by atoms with Crippen LogP contribution in [0.4, 0.5) is 4.39 Å². The molecular formula is C11H17ClFN3O. The summed E-state index contributed by atoms with van der Waals surface area (Å²) in [6, 6.07) is 7.44. The van der Waals surface area contributed by atoms with Gasteiger partial charge in [-0.2, -0.15) is 0 Å². The molecule has 0 fully saturated rings. The average molecular weight is 262 g/mol.